The molecular formula is C15H20O6. The monoisotopic (exact) mass is 296 g/mol. The second kappa shape index (κ2) is 7.19. The van der Waals surface area contributed by atoms with Crippen LogP contribution in [0.4, 0.5) is 0 Å². The van der Waals surface area contributed by atoms with Crippen LogP contribution in [0.5, 0.6) is 11.5 Å². The van der Waals surface area contributed by atoms with E-state index >= 15 is 0 Å². The van der Waals surface area contributed by atoms with Gasteiger partial charge < -0.3 is 29.5 Å². The summed E-state index contributed by atoms with van der Waals surface area (Å²) in [6, 6.07) is 5.10. The second-order valence-electron chi connectivity index (χ2n) is 4.62. The molecule has 1 aromatic rings. The standard InChI is InChI=1S/C15H20O6/c1-2-19-14-9-21-13-4-3-11(7-12(13)15(14)18)20-6-5-10(17)8-16/h3-4,7,10,16-18H,2,5-6,8-9H2,1H3. The van der Waals surface area contributed by atoms with Gasteiger partial charge in [-0.15, -0.1) is 0 Å². The lowest BCUT2D eigenvalue weighted by atomic mass is 10.1. The van der Waals surface area contributed by atoms with E-state index in [1.54, 1.807) is 18.2 Å². The molecule has 1 aliphatic heterocycles. The van der Waals surface area contributed by atoms with Gasteiger partial charge in [0.25, 0.3) is 0 Å². The fraction of sp³-hybridized carbons (Fsp3) is 0.467. The molecule has 0 spiro atoms. The second-order valence-corrected chi connectivity index (χ2v) is 4.62. The average Bonchev–Trinajstić information content (AvgIpc) is 2.50. The molecule has 0 aliphatic carbocycles. The van der Waals surface area contributed by atoms with Crippen LogP contribution in [0.25, 0.3) is 5.76 Å². The van der Waals surface area contributed by atoms with Gasteiger partial charge in [-0.1, -0.05) is 0 Å². The third-order valence-electron chi connectivity index (χ3n) is 3.08. The molecule has 6 nitrogen and oxygen atoms in total. The first-order chi connectivity index (χ1) is 10.2. The van der Waals surface area contributed by atoms with Crippen LogP contribution in [0, 0.1) is 0 Å². The summed E-state index contributed by atoms with van der Waals surface area (Å²) in [5, 5.41) is 28.2. The number of fused-ring (bicyclic) bond motifs is 1. The fourth-order valence-electron chi connectivity index (χ4n) is 1.96. The zero-order valence-electron chi connectivity index (χ0n) is 11.9. The van der Waals surface area contributed by atoms with Gasteiger partial charge in [-0.2, -0.15) is 0 Å². The van der Waals surface area contributed by atoms with Gasteiger partial charge in [0.15, 0.2) is 11.5 Å². The van der Waals surface area contributed by atoms with Crippen molar-refractivity contribution in [1.29, 1.82) is 0 Å². The van der Waals surface area contributed by atoms with Crippen LogP contribution in [0.1, 0.15) is 18.9 Å². The SMILES string of the molecule is CCOC1=C(O)c2cc(OCCC(O)CO)ccc2OC1. The first-order valence-corrected chi connectivity index (χ1v) is 6.89. The Balaban J connectivity index is 2.08. The average molecular weight is 296 g/mol. The quantitative estimate of drug-likeness (QED) is 0.706. The third kappa shape index (κ3) is 3.80. The molecule has 2 rings (SSSR count). The molecule has 1 unspecified atom stereocenters. The first-order valence-electron chi connectivity index (χ1n) is 6.89. The van der Waals surface area contributed by atoms with E-state index in [1.807, 2.05) is 6.92 Å². The molecule has 0 aromatic heterocycles. The van der Waals surface area contributed by atoms with Crippen molar-refractivity contribution in [3.05, 3.63) is 29.5 Å². The summed E-state index contributed by atoms with van der Waals surface area (Å²) in [7, 11) is 0. The van der Waals surface area contributed by atoms with Crippen LogP contribution >= 0.6 is 0 Å². The Morgan fingerprint density at radius 3 is 2.86 bits per heavy atom. The molecule has 1 aliphatic rings. The minimum Gasteiger partial charge on any atom is -0.504 e. The van der Waals surface area contributed by atoms with Crippen molar-refractivity contribution < 1.29 is 29.5 Å². The summed E-state index contributed by atoms with van der Waals surface area (Å²) in [6.45, 7) is 2.47. The van der Waals surface area contributed by atoms with Gasteiger partial charge in [-0.3, -0.25) is 0 Å². The van der Waals surface area contributed by atoms with Gasteiger partial charge >= 0.3 is 0 Å². The molecule has 1 atom stereocenters. The largest absolute Gasteiger partial charge is 0.504 e. The van der Waals surface area contributed by atoms with E-state index in [2.05, 4.69) is 0 Å². The number of hydrogen-bond donors (Lipinski definition) is 3. The van der Waals surface area contributed by atoms with Crippen molar-refractivity contribution in [1.82, 2.24) is 0 Å². The summed E-state index contributed by atoms with van der Waals surface area (Å²) in [6.07, 6.45) is -0.459. The molecule has 3 N–H and O–H groups in total. The maximum Gasteiger partial charge on any atom is 0.176 e. The van der Waals surface area contributed by atoms with Crippen molar-refractivity contribution in [2.45, 2.75) is 19.4 Å². The van der Waals surface area contributed by atoms with E-state index in [4.69, 9.17) is 19.3 Å². The van der Waals surface area contributed by atoms with E-state index in [0.29, 0.717) is 35.8 Å². The lowest BCUT2D eigenvalue weighted by Crippen LogP contribution is -2.16. The van der Waals surface area contributed by atoms with Crippen molar-refractivity contribution in [3.8, 4) is 11.5 Å². The smallest absolute Gasteiger partial charge is 0.176 e. The Kier molecular flexibility index (Phi) is 5.30. The lowest BCUT2D eigenvalue weighted by Gasteiger charge is -2.21. The summed E-state index contributed by atoms with van der Waals surface area (Å²) in [4.78, 5) is 0. The fourth-order valence-corrected chi connectivity index (χ4v) is 1.96. The van der Waals surface area contributed by atoms with E-state index in [0.717, 1.165) is 0 Å². The number of rotatable bonds is 7. The number of aliphatic hydroxyl groups excluding tert-OH is 3. The summed E-state index contributed by atoms with van der Waals surface area (Å²) in [5.74, 6) is 1.57. The van der Waals surface area contributed by atoms with E-state index in [9.17, 15) is 10.2 Å². The van der Waals surface area contributed by atoms with Gasteiger partial charge in [0.1, 0.15) is 18.1 Å². The minimum absolute atomic E-state index is 0.0546. The predicted octanol–water partition coefficient (Wildman–Crippen LogP) is 1.46. The van der Waals surface area contributed by atoms with E-state index in [1.165, 1.54) is 0 Å². The van der Waals surface area contributed by atoms with Gasteiger partial charge in [-0.25, -0.2) is 0 Å². The topological polar surface area (TPSA) is 88.4 Å². The lowest BCUT2D eigenvalue weighted by molar-refractivity contribution is 0.0754. The van der Waals surface area contributed by atoms with Crippen molar-refractivity contribution in [3.63, 3.8) is 0 Å². The molecule has 116 valence electrons. The number of hydrogen-bond acceptors (Lipinski definition) is 6. The Hall–Kier alpha value is -1.92. The zero-order chi connectivity index (χ0) is 15.2. The first kappa shape index (κ1) is 15.5. The number of ether oxygens (including phenoxy) is 3. The highest BCUT2D eigenvalue weighted by Gasteiger charge is 2.21. The molecule has 21 heavy (non-hydrogen) atoms. The molecule has 0 amide bonds. The molecule has 0 radical (unpaired) electrons. The van der Waals surface area contributed by atoms with Gasteiger partial charge in [-0.05, 0) is 25.1 Å². The van der Waals surface area contributed by atoms with Gasteiger partial charge in [0, 0.05) is 6.42 Å². The van der Waals surface area contributed by atoms with Crippen LogP contribution in [0.3, 0.4) is 0 Å². The Morgan fingerprint density at radius 2 is 2.14 bits per heavy atom. The Labute approximate surface area is 123 Å². The minimum atomic E-state index is -0.788. The van der Waals surface area contributed by atoms with Gasteiger partial charge in [0.2, 0.25) is 0 Å². The Bertz CT molecular complexity index is 511. The Morgan fingerprint density at radius 1 is 1.33 bits per heavy atom. The molecule has 0 fully saturated rings. The maximum absolute atomic E-state index is 10.2. The third-order valence-corrected chi connectivity index (χ3v) is 3.08. The highest BCUT2D eigenvalue weighted by molar-refractivity contribution is 5.69. The van der Waals surface area contributed by atoms with Crippen LogP contribution < -0.4 is 9.47 Å². The highest BCUT2D eigenvalue weighted by Crippen LogP contribution is 2.34. The molecule has 0 saturated heterocycles. The molecule has 1 aromatic carbocycles. The molecule has 0 bridgehead atoms. The van der Waals surface area contributed by atoms with Crippen LogP contribution in [0.15, 0.2) is 24.0 Å². The van der Waals surface area contributed by atoms with E-state index in [-0.39, 0.29) is 25.6 Å². The molecule has 6 heteroatoms. The van der Waals surface area contributed by atoms with Crippen molar-refractivity contribution >= 4 is 5.76 Å². The number of benzene rings is 1. The summed E-state index contributed by atoms with van der Waals surface area (Å²) < 4.78 is 16.3. The summed E-state index contributed by atoms with van der Waals surface area (Å²) >= 11 is 0. The van der Waals surface area contributed by atoms with E-state index < -0.39 is 6.10 Å². The van der Waals surface area contributed by atoms with Crippen molar-refractivity contribution in [2.24, 2.45) is 0 Å². The van der Waals surface area contributed by atoms with Crippen LogP contribution in [-0.2, 0) is 4.74 Å². The highest BCUT2D eigenvalue weighted by atomic mass is 16.5. The summed E-state index contributed by atoms with van der Waals surface area (Å²) in [5.41, 5.74) is 0.518. The van der Waals surface area contributed by atoms with Crippen LogP contribution in [-0.4, -0.2) is 47.9 Å². The molecule has 1 heterocycles. The van der Waals surface area contributed by atoms with Gasteiger partial charge in [0.05, 0.1) is 31.5 Å². The van der Waals surface area contributed by atoms with Crippen LogP contribution in [0.2, 0.25) is 0 Å². The normalized spacial score (nSPS) is 15.2. The predicted molar refractivity (Wildman–Crippen MR) is 76.3 cm³/mol. The molecule has 0 saturated carbocycles. The van der Waals surface area contributed by atoms with Crippen molar-refractivity contribution in [2.75, 3.05) is 26.4 Å². The molecular weight excluding hydrogens is 276 g/mol. The zero-order valence-corrected chi connectivity index (χ0v) is 11.9. The number of aliphatic hydroxyl groups is 3. The maximum atomic E-state index is 10.2.